The Labute approximate surface area is 107 Å². The van der Waals surface area contributed by atoms with Gasteiger partial charge in [0, 0.05) is 31.7 Å². The average Bonchev–Trinajstić information content (AvgIpc) is 2.95. The first-order valence-corrected chi connectivity index (χ1v) is 6.62. The van der Waals surface area contributed by atoms with Crippen molar-refractivity contribution in [3.8, 4) is 0 Å². The molecule has 1 heterocycles. The van der Waals surface area contributed by atoms with Gasteiger partial charge in [0.15, 0.2) is 0 Å². The number of aromatic nitrogens is 2. The molecule has 1 aliphatic carbocycles. The van der Waals surface area contributed by atoms with Crippen molar-refractivity contribution in [2.45, 2.75) is 31.7 Å². The molecule has 2 rings (SSSR count). The molecule has 0 aliphatic heterocycles. The number of alkyl halides is 1. The van der Waals surface area contributed by atoms with Gasteiger partial charge in [0.25, 0.3) is 5.91 Å². The molecule has 0 radical (unpaired) electrons. The lowest BCUT2D eigenvalue weighted by Gasteiger charge is -2.28. The maximum Gasteiger partial charge on any atom is 0.272 e. The molecule has 4 nitrogen and oxygen atoms in total. The fourth-order valence-electron chi connectivity index (χ4n) is 2.49. The topological polar surface area (TPSA) is 38.1 Å². The molecule has 1 aromatic heterocycles. The van der Waals surface area contributed by atoms with Crippen LogP contribution in [-0.2, 0) is 7.05 Å². The Balaban J connectivity index is 2.15. The number of amides is 1. The Morgan fingerprint density at radius 1 is 1.59 bits per heavy atom. The predicted octanol–water partition coefficient (Wildman–Crippen LogP) is 2.04. The summed E-state index contributed by atoms with van der Waals surface area (Å²) in [5.74, 6) is 0.539. The van der Waals surface area contributed by atoms with Crippen LogP contribution in [-0.4, -0.2) is 39.1 Å². The van der Waals surface area contributed by atoms with E-state index < -0.39 is 0 Å². The van der Waals surface area contributed by atoms with E-state index in [0.717, 1.165) is 12.8 Å². The third-order valence-electron chi connectivity index (χ3n) is 3.39. The maximum atomic E-state index is 12.4. The summed E-state index contributed by atoms with van der Waals surface area (Å²) in [6.45, 7) is 0.621. The largest absolute Gasteiger partial charge is 0.333 e. The summed E-state index contributed by atoms with van der Waals surface area (Å²) in [6.07, 6.45) is 6.27. The van der Waals surface area contributed by atoms with Crippen molar-refractivity contribution in [1.82, 2.24) is 14.7 Å². The van der Waals surface area contributed by atoms with E-state index in [0.29, 0.717) is 24.2 Å². The molecule has 0 atom stereocenters. The van der Waals surface area contributed by atoms with Crippen LogP contribution in [0.25, 0.3) is 0 Å². The lowest BCUT2D eigenvalue weighted by Crippen LogP contribution is -2.41. The van der Waals surface area contributed by atoms with Crippen molar-refractivity contribution in [2.75, 3.05) is 12.4 Å². The third-order valence-corrected chi connectivity index (χ3v) is 3.56. The summed E-state index contributed by atoms with van der Waals surface area (Å²) < 4.78 is 1.62. The van der Waals surface area contributed by atoms with E-state index in [1.807, 2.05) is 4.90 Å². The summed E-state index contributed by atoms with van der Waals surface area (Å²) in [5.41, 5.74) is 0.641. The summed E-state index contributed by atoms with van der Waals surface area (Å²) in [6, 6.07) is 2.12. The van der Waals surface area contributed by atoms with E-state index in [1.165, 1.54) is 12.8 Å². The van der Waals surface area contributed by atoms with Gasteiger partial charge in [-0.15, -0.1) is 11.6 Å². The molecule has 1 saturated carbocycles. The number of halogens is 1. The van der Waals surface area contributed by atoms with Crippen LogP contribution in [0.15, 0.2) is 12.3 Å². The molecular weight excluding hydrogens is 238 g/mol. The van der Waals surface area contributed by atoms with Crippen LogP contribution >= 0.6 is 11.6 Å². The smallest absolute Gasteiger partial charge is 0.272 e. The fraction of sp³-hybridized carbons (Fsp3) is 0.667. The number of nitrogens with zero attached hydrogens (tertiary/aromatic N) is 3. The van der Waals surface area contributed by atoms with Gasteiger partial charge in [0.2, 0.25) is 0 Å². The number of rotatable bonds is 4. The highest BCUT2D eigenvalue weighted by atomic mass is 35.5. The molecule has 0 unspecified atom stereocenters. The molecule has 0 N–H and O–H groups in total. The molecular formula is C12H18ClN3O. The van der Waals surface area contributed by atoms with E-state index in [2.05, 4.69) is 5.10 Å². The average molecular weight is 256 g/mol. The third kappa shape index (κ3) is 2.63. The van der Waals surface area contributed by atoms with Crippen LogP contribution in [0.4, 0.5) is 0 Å². The zero-order valence-electron chi connectivity index (χ0n) is 10.1. The SMILES string of the molecule is Cn1nccc1C(=O)N(CCCl)C1CCCC1. The summed E-state index contributed by atoms with van der Waals surface area (Å²) in [5, 5.41) is 4.04. The fourth-order valence-corrected chi connectivity index (χ4v) is 2.67. The zero-order chi connectivity index (χ0) is 12.3. The minimum Gasteiger partial charge on any atom is -0.333 e. The predicted molar refractivity (Wildman–Crippen MR) is 67.2 cm³/mol. The lowest BCUT2D eigenvalue weighted by atomic mass is 10.2. The quantitative estimate of drug-likeness (QED) is 0.773. The minimum absolute atomic E-state index is 0.0533. The molecule has 94 valence electrons. The number of aryl methyl sites for hydroxylation is 1. The van der Waals surface area contributed by atoms with E-state index in [4.69, 9.17) is 11.6 Å². The van der Waals surface area contributed by atoms with E-state index in [1.54, 1.807) is 24.0 Å². The van der Waals surface area contributed by atoms with E-state index in [-0.39, 0.29) is 5.91 Å². The van der Waals surface area contributed by atoms with Gasteiger partial charge >= 0.3 is 0 Å². The monoisotopic (exact) mass is 255 g/mol. The lowest BCUT2D eigenvalue weighted by molar-refractivity contribution is 0.0684. The second-order valence-electron chi connectivity index (χ2n) is 4.47. The first kappa shape index (κ1) is 12.4. The van der Waals surface area contributed by atoms with Gasteiger partial charge in [-0.05, 0) is 18.9 Å². The van der Waals surface area contributed by atoms with Gasteiger partial charge in [-0.3, -0.25) is 9.48 Å². The Morgan fingerprint density at radius 2 is 2.29 bits per heavy atom. The van der Waals surface area contributed by atoms with Crippen molar-refractivity contribution in [1.29, 1.82) is 0 Å². The minimum atomic E-state index is 0.0533. The van der Waals surface area contributed by atoms with Gasteiger partial charge in [0.05, 0.1) is 0 Å². The molecule has 17 heavy (non-hydrogen) atoms. The Bertz CT molecular complexity index is 385. The van der Waals surface area contributed by atoms with Crippen molar-refractivity contribution in [3.63, 3.8) is 0 Å². The molecule has 5 heteroatoms. The maximum absolute atomic E-state index is 12.4. The highest BCUT2D eigenvalue weighted by Gasteiger charge is 2.28. The summed E-state index contributed by atoms with van der Waals surface area (Å²) >= 11 is 5.80. The van der Waals surface area contributed by atoms with Gasteiger partial charge in [-0.2, -0.15) is 5.10 Å². The van der Waals surface area contributed by atoms with Crippen molar-refractivity contribution in [2.24, 2.45) is 7.05 Å². The second kappa shape index (κ2) is 5.54. The first-order chi connectivity index (χ1) is 8.24. The highest BCUT2D eigenvalue weighted by Crippen LogP contribution is 2.24. The molecule has 0 bridgehead atoms. The van der Waals surface area contributed by atoms with Gasteiger partial charge in [-0.25, -0.2) is 0 Å². The van der Waals surface area contributed by atoms with Crippen molar-refractivity contribution < 1.29 is 4.79 Å². The Kier molecular flexibility index (Phi) is 4.05. The molecule has 1 aliphatic rings. The van der Waals surface area contributed by atoms with Gasteiger partial charge < -0.3 is 4.90 Å². The Hall–Kier alpha value is -1.03. The van der Waals surface area contributed by atoms with Gasteiger partial charge in [-0.1, -0.05) is 12.8 Å². The van der Waals surface area contributed by atoms with Crippen LogP contribution in [0.3, 0.4) is 0 Å². The Morgan fingerprint density at radius 3 is 2.82 bits per heavy atom. The van der Waals surface area contributed by atoms with Crippen molar-refractivity contribution in [3.05, 3.63) is 18.0 Å². The normalized spacial score (nSPS) is 16.4. The number of hydrogen-bond donors (Lipinski definition) is 0. The number of hydrogen-bond acceptors (Lipinski definition) is 2. The number of carbonyl (C=O) groups is 1. The van der Waals surface area contributed by atoms with Crippen LogP contribution < -0.4 is 0 Å². The summed E-state index contributed by atoms with van der Waals surface area (Å²) in [4.78, 5) is 14.3. The molecule has 0 aromatic carbocycles. The van der Waals surface area contributed by atoms with Crippen LogP contribution in [0.5, 0.6) is 0 Å². The van der Waals surface area contributed by atoms with Crippen LogP contribution in [0, 0.1) is 0 Å². The molecule has 0 spiro atoms. The zero-order valence-corrected chi connectivity index (χ0v) is 10.9. The molecule has 1 fully saturated rings. The number of carbonyl (C=O) groups excluding carboxylic acids is 1. The molecule has 1 amide bonds. The van der Waals surface area contributed by atoms with Crippen molar-refractivity contribution >= 4 is 17.5 Å². The highest BCUT2D eigenvalue weighted by molar-refractivity contribution is 6.18. The van der Waals surface area contributed by atoms with E-state index >= 15 is 0 Å². The molecule has 1 aromatic rings. The first-order valence-electron chi connectivity index (χ1n) is 6.09. The van der Waals surface area contributed by atoms with Crippen LogP contribution in [0.2, 0.25) is 0 Å². The summed E-state index contributed by atoms with van der Waals surface area (Å²) in [7, 11) is 1.79. The second-order valence-corrected chi connectivity index (χ2v) is 4.84. The standard InChI is InChI=1S/C12H18ClN3O/c1-15-11(6-8-14-15)12(17)16(9-7-13)10-4-2-3-5-10/h6,8,10H,2-5,7,9H2,1H3. The van der Waals surface area contributed by atoms with Crippen LogP contribution in [0.1, 0.15) is 36.2 Å². The molecule has 0 saturated heterocycles. The van der Waals surface area contributed by atoms with Gasteiger partial charge in [0.1, 0.15) is 5.69 Å². The van der Waals surface area contributed by atoms with E-state index in [9.17, 15) is 4.79 Å².